The van der Waals surface area contributed by atoms with Crippen molar-refractivity contribution in [3.05, 3.63) is 63.6 Å². The van der Waals surface area contributed by atoms with Gasteiger partial charge in [-0.2, -0.15) is 0 Å². The highest BCUT2D eigenvalue weighted by atomic mass is 79.9. The molecule has 1 unspecified atom stereocenters. The summed E-state index contributed by atoms with van der Waals surface area (Å²) in [6.45, 7) is 0. The van der Waals surface area contributed by atoms with Crippen LogP contribution in [0.5, 0.6) is 0 Å². The van der Waals surface area contributed by atoms with Crippen molar-refractivity contribution in [1.29, 1.82) is 0 Å². The highest BCUT2D eigenvalue weighted by molar-refractivity contribution is 9.10. The van der Waals surface area contributed by atoms with E-state index in [0.717, 1.165) is 22.0 Å². The van der Waals surface area contributed by atoms with Gasteiger partial charge < -0.3 is 5.32 Å². The molecule has 0 saturated heterocycles. The third-order valence-electron chi connectivity index (χ3n) is 3.47. The SMILES string of the molecule is Fc1ccc(Br)c(NC2CCc3c(F)cccc32)c1. The second kappa shape index (κ2) is 4.93. The van der Waals surface area contributed by atoms with Gasteiger partial charge in [0.05, 0.1) is 11.7 Å². The fourth-order valence-electron chi connectivity index (χ4n) is 2.56. The van der Waals surface area contributed by atoms with Crippen LogP contribution in [0, 0.1) is 11.6 Å². The lowest BCUT2D eigenvalue weighted by atomic mass is 10.1. The maximum atomic E-state index is 13.6. The number of anilines is 1. The van der Waals surface area contributed by atoms with Gasteiger partial charge in [0.15, 0.2) is 0 Å². The van der Waals surface area contributed by atoms with Crippen LogP contribution in [0.2, 0.25) is 0 Å². The summed E-state index contributed by atoms with van der Waals surface area (Å²) in [6.07, 6.45) is 1.53. The van der Waals surface area contributed by atoms with E-state index in [-0.39, 0.29) is 17.7 Å². The summed E-state index contributed by atoms with van der Waals surface area (Å²) in [6, 6.07) is 9.67. The summed E-state index contributed by atoms with van der Waals surface area (Å²) < 4.78 is 27.7. The Kier molecular flexibility index (Phi) is 3.27. The number of hydrogen-bond acceptors (Lipinski definition) is 1. The maximum Gasteiger partial charge on any atom is 0.126 e. The Morgan fingerprint density at radius 2 is 2.00 bits per heavy atom. The molecule has 0 saturated carbocycles. The van der Waals surface area contributed by atoms with Gasteiger partial charge in [0.2, 0.25) is 0 Å². The van der Waals surface area contributed by atoms with E-state index in [1.807, 2.05) is 6.07 Å². The summed E-state index contributed by atoms with van der Waals surface area (Å²) in [5, 5.41) is 3.28. The second-order valence-corrected chi connectivity index (χ2v) is 5.52. The van der Waals surface area contributed by atoms with Crippen LogP contribution < -0.4 is 5.32 Å². The van der Waals surface area contributed by atoms with E-state index >= 15 is 0 Å². The van der Waals surface area contributed by atoms with Crippen LogP contribution in [0.1, 0.15) is 23.6 Å². The first-order chi connectivity index (χ1) is 9.15. The zero-order valence-electron chi connectivity index (χ0n) is 10.1. The Hall–Kier alpha value is -1.42. The molecule has 2 aromatic carbocycles. The largest absolute Gasteiger partial charge is 0.377 e. The number of benzene rings is 2. The van der Waals surface area contributed by atoms with Gasteiger partial charge in [-0.15, -0.1) is 0 Å². The van der Waals surface area contributed by atoms with Crippen LogP contribution in [-0.4, -0.2) is 0 Å². The van der Waals surface area contributed by atoms with Gasteiger partial charge >= 0.3 is 0 Å². The van der Waals surface area contributed by atoms with Crippen molar-refractivity contribution in [2.45, 2.75) is 18.9 Å². The molecule has 0 spiro atoms. The van der Waals surface area contributed by atoms with Crippen LogP contribution >= 0.6 is 15.9 Å². The third kappa shape index (κ3) is 2.37. The van der Waals surface area contributed by atoms with Crippen molar-refractivity contribution in [1.82, 2.24) is 0 Å². The van der Waals surface area contributed by atoms with Gasteiger partial charge in [0, 0.05) is 4.47 Å². The summed E-state index contributed by atoms with van der Waals surface area (Å²) >= 11 is 3.39. The number of halogens is 3. The van der Waals surface area contributed by atoms with Gasteiger partial charge in [-0.25, -0.2) is 8.78 Å². The zero-order chi connectivity index (χ0) is 13.4. The van der Waals surface area contributed by atoms with Gasteiger partial charge in [0.1, 0.15) is 11.6 Å². The molecule has 1 N–H and O–H groups in total. The lowest BCUT2D eigenvalue weighted by molar-refractivity contribution is 0.612. The van der Waals surface area contributed by atoms with Crippen molar-refractivity contribution in [2.75, 3.05) is 5.32 Å². The minimum Gasteiger partial charge on any atom is -0.377 e. The lowest BCUT2D eigenvalue weighted by Gasteiger charge is -2.17. The first-order valence-corrected chi connectivity index (χ1v) is 6.93. The van der Waals surface area contributed by atoms with Gasteiger partial charge in [-0.3, -0.25) is 0 Å². The molecule has 4 heteroatoms. The molecule has 19 heavy (non-hydrogen) atoms. The molecule has 0 bridgehead atoms. The first-order valence-electron chi connectivity index (χ1n) is 6.14. The quantitative estimate of drug-likeness (QED) is 0.834. The Labute approximate surface area is 118 Å². The van der Waals surface area contributed by atoms with E-state index in [0.29, 0.717) is 12.1 Å². The molecule has 0 radical (unpaired) electrons. The minimum absolute atomic E-state index is 0.0313. The predicted molar refractivity (Wildman–Crippen MR) is 75.2 cm³/mol. The molecular weight excluding hydrogens is 312 g/mol. The second-order valence-electron chi connectivity index (χ2n) is 4.67. The topological polar surface area (TPSA) is 12.0 Å². The third-order valence-corrected chi connectivity index (χ3v) is 4.16. The molecule has 0 fully saturated rings. The van der Waals surface area contributed by atoms with Crippen LogP contribution in [-0.2, 0) is 6.42 Å². The summed E-state index contributed by atoms with van der Waals surface area (Å²) in [5.41, 5.74) is 2.44. The monoisotopic (exact) mass is 323 g/mol. The molecule has 2 aromatic rings. The Morgan fingerprint density at radius 1 is 1.16 bits per heavy atom. The molecule has 1 nitrogen and oxygen atoms in total. The van der Waals surface area contributed by atoms with Crippen molar-refractivity contribution < 1.29 is 8.78 Å². The molecule has 1 atom stereocenters. The normalized spacial score (nSPS) is 17.3. The number of fused-ring (bicyclic) bond motifs is 1. The van der Waals surface area contributed by atoms with Crippen LogP contribution in [0.25, 0.3) is 0 Å². The van der Waals surface area contributed by atoms with E-state index in [2.05, 4.69) is 21.2 Å². The number of nitrogens with one attached hydrogen (secondary N) is 1. The van der Waals surface area contributed by atoms with E-state index in [4.69, 9.17) is 0 Å². The number of rotatable bonds is 2. The smallest absolute Gasteiger partial charge is 0.126 e. The minimum atomic E-state index is -0.289. The maximum absolute atomic E-state index is 13.6. The van der Waals surface area contributed by atoms with Crippen molar-refractivity contribution in [3.63, 3.8) is 0 Å². The summed E-state index contributed by atoms with van der Waals surface area (Å²) in [7, 11) is 0. The molecule has 1 aliphatic rings. The molecule has 0 aliphatic heterocycles. The molecule has 0 heterocycles. The highest BCUT2D eigenvalue weighted by Crippen LogP contribution is 2.36. The fraction of sp³-hybridized carbons (Fsp3) is 0.200. The van der Waals surface area contributed by atoms with E-state index in [1.165, 1.54) is 18.2 Å². The molecule has 3 rings (SSSR count). The molecule has 0 aromatic heterocycles. The zero-order valence-corrected chi connectivity index (χ0v) is 11.7. The fourth-order valence-corrected chi connectivity index (χ4v) is 2.92. The lowest BCUT2D eigenvalue weighted by Crippen LogP contribution is -2.08. The first kappa shape index (κ1) is 12.6. The average molecular weight is 324 g/mol. The van der Waals surface area contributed by atoms with E-state index in [9.17, 15) is 8.78 Å². The molecule has 98 valence electrons. The predicted octanol–water partition coefficient (Wildman–Crippen LogP) is 4.83. The van der Waals surface area contributed by atoms with E-state index < -0.39 is 0 Å². The average Bonchev–Trinajstić information content (AvgIpc) is 2.79. The Bertz CT molecular complexity index is 628. The van der Waals surface area contributed by atoms with Gasteiger partial charge in [-0.1, -0.05) is 12.1 Å². The van der Waals surface area contributed by atoms with Gasteiger partial charge in [0.25, 0.3) is 0 Å². The van der Waals surface area contributed by atoms with E-state index in [1.54, 1.807) is 12.1 Å². The summed E-state index contributed by atoms with van der Waals surface area (Å²) in [4.78, 5) is 0. The summed E-state index contributed by atoms with van der Waals surface area (Å²) in [5.74, 6) is -0.441. The van der Waals surface area contributed by atoms with Crippen molar-refractivity contribution in [2.24, 2.45) is 0 Å². The number of hydrogen-bond donors (Lipinski definition) is 1. The molecular formula is C15H12BrF2N. The van der Waals surface area contributed by atoms with Crippen LogP contribution in [0.15, 0.2) is 40.9 Å². The standard InChI is InChI=1S/C15H12BrF2N/c16-12-6-4-9(17)8-15(12)19-14-7-5-10-11(14)2-1-3-13(10)18/h1-4,6,8,14,19H,5,7H2. The molecule has 1 aliphatic carbocycles. The van der Waals surface area contributed by atoms with Gasteiger partial charge in [-0.05, 0) is 64.2 Å². The van der Waals surface area contributed by atoms with Crippen molar-refractivity contribution >= 4 is 21.6 Å². The Morgan fingerprint density at radius 3 is 2.84 bits per heavy atom. The Balaban J connectivity index is 1.91. The molecule has 0 amide bonds. The van der Waals surface area contributed by atoms with Crippen molar-refractivity contribution in [3.8, 4) is 0 Å². The van der Waals surface area contributed by atoms with Crippen LogP contribution in [0.3, 0.4) is 0 Å². The highest BCUT2D eigenvalue weighted by Gasteiger charge is 2.25. The van der Waals surface area contributed by atoms with Crippen LogP contribution in [0.4, 0.5) is 14.5 Å².